The Morgan fingerprint density at radius 2 is 1.72 bits per heavy atom. The van der Waals surface area contributed by atoms with E-state index in [9.17, 15) is 9.59 Å². The van der Waals surface area contributed by atoms with E-state index in [4.69, 9.17) is 23.2 Å². The van der Waals surface area contributed by atoms with Crippen LogP contribution in [0.25, 0.3) is 22.0 Å². The number of carbonyl (C=O) groups excluding carboxylic acids is 1. The van der Waals surface area contributed by atoms with E-state index < -0.39 is 0 Å². The number of amides is 1. The number of fused-ring (bicyclic) bond motifs is 1. The normalized spacial score (nSPS) is 11.0. The maximum absolute atomic E-state index is 13.7. The molecule has 7 heteroatoms. The van der Waals surface area contributed by atoms with Crippen LogP contribution in [0.2, 0.25) is 10.0 Å². The Labute approximate surface area is 195 Å². The molecule has 4 rings (SSSR count). The molecular formula is C25H21Cl2N3O2. The molecule has 0 unspecified atom stereocenters. The largest absolute Gasteiger partial charge is 0.336 e. The van der Waals surface area contributed by atoms with Gasteiger partial charge in [-0.25, -0.2) is 0 Å². The van der Waals surface area contributed by atoms with Crippen molar-refractivity contribution in [1.29, 1.82) is 0 Å². The van der Waals surface area contributed by atoms with Crippen molar-refractivity contribution in [2.75, 3.05) is 7.05 Å². The zero-order chi connectivity index (χ0) is 23.0. The topological polar surface area (TPSA) is 55.2 Å². The molecule has 0 aliphatic carbocycles. The van der Waals surface area contributed by atoms with Crippen LogP contribution in [0.1, 0.15) is 21.6 Å². The van der Waals surface area contributed by atoms with Crippen molar-refractivity contribution in [1.82, 2.24) is 14.5 Å². The van der Waals surface area contributed by atoms with Crippen molar-refractivity contribution in [2.45, 2.75) is 13.5 Å². The molecule has 2 aromatic carbocycles. The van der Waals surface area contributed by atoms with Crippen LogP contribution in [0.3, 0.4) is 0 Å². The number of benzene rings is 2. The molecule has 5 nitrogen and oxygen atoms in total. The molecule has 0 spiro atoms. The lowest BCUT2D eigenvalue weighted by atomic mass is 9.97. The van der Waals surface area contributed by atoms with E-state index in [0.717, 1.165) is 16.7 Å². The summed E-state index contributed by atoms with van der Waals surface area (Å²) in [6.45, 7) is 2.28. The number of pyridine rings is 2. The Bertz CT molecular complexity index is 1370. The van der Waals surface area contributed by atoms with Gasteiger partial charge in [-0.2, -0.15) is 0 Å². The minimum absolute atomic E-state index is 0.283. The summed E-state index contributed by atoms with van der Waals surface area (Å²) in [4.78, 5) is 32.6. The van der Waals surface area contributed by atoms with Gasteiger partial charge in [0.25, 0.3) is 11.5 Å². The van der Waals surface area contributed by atoms with Crippen LogP contribution >= 0.6 is 23.2 Å². The number of halogens is 2. The molecule has 0 fully saturated rings. The van der Waals surface area contributed by atoms with E-state index in [1.54, 1.807) is 49.5 Å². The summed E-state index contributed by atoms with van der Waals surface area (Å²) in [6, 6.07) is 16.6. The van der Waals surface area contributed by atoms with Gasteiger partial charge in [0.15, 0.2) is 0 Å². The minimum Gasteiger partial charge on any atom is -0.336 e. The number of aryl methyl sites for hydroxylation is 1. The fraction of sp³-hybridized carbons (Fsp3) is 0.160. The van der Waals surface area contributed by atoms with Gasteiger partial charge in [-0.1, -0.05) is 59.1 Å². The zero-order valence-electron chi connectivity index (χ0n) is 17.9. The van der Waals surface area contributed by atoms with Crippen LogP contribution in [0, 0.1) is 6.92 Å². The van der Waals surface area contributed by atoms with Crippen molar-refractivity contribution in [3.05, 3.63) is 98.0 Å². The zero-order valence-corrected chi connectivity index (χ0v) is 19.4. The standard InChI is InChI=1S/C25H21Cl2N3O2/c1-15-6-8-17(9-7-15)21-20-5-4-10-28-22(20)24(31)30(3)23(21)25(32)29(2)14-16-11-18(26)13-19(27)12-16/h4-13H,14H2,1-3H3. The smallest absolute Gasteiger partial charge is 0.277 e. The van der Waals surface area contributed by atoms with Crippen molar-refractivity contribution in [3.63, 3.8) is 0 Å². The van der Waals surface area contributed by atoms with Gasteiger partial charge in [-0.15, -0.1) is 0 Å². The quantitative estimate of drug-likeness (QED) is 0.400. The monoisotopic (exact) mass is 465 g/mol. The Kier molecular flexibility index (Phi) is 6.04. The maximum atomic E-state index is 13.7. The second-order valence-electron chi connectivity index (χ2n) is 7.79. The molecule has 0 saturated heterocycles. The van der Waals surface area contributed by atoms with Crippen LogP contribution in [0.15, 0.2) is 65.6 Å². The van der Waals surface area contributed by atoms with Gasteiger partial charge < -0.3 is 9.47 Å². The van der Waals surface area contributed by atoms with E-state index in [1.165, 1.54) is 4.57 Å². The minimum atomic E-state index is -0.320. The molecular weight excluding hydrogens is 445 g/mol. The van der Waals surface area contributed by atoms with Crippen LogP contribution in [0.4, 0.5) is 0 Å². The second kappa shape index (κ2) is 8.77. The average molecular weight is 466 g/mol. The number of carbonyl (C=O) groups is 1. The van der Waals surface area contributed by atoms with Crippen molar-refractivity contribution in [2.24, 2.45) is 7.05 Å². The van der Waals surface area contributed by atoms with Gasteiger partial charge in [0, 0.05) is 47.8 Å². The third-order valence-electron chi connectivity index (χ3n) is 5.39. The van der Waals surface area contributed by atoms with Gasteiger partial charge in [0.05, 0.1) is 0 Å². The van der Waals surface area contributed by atoms with Gasteiger partial charge >= 0.3 is 0 Å². The number of aromatic nitrogens is 2. The van der Waals surface area contributed by atoms with Crippen LogP contribution in [-0.4, -0.2) is 27.4 Å². The highest BCUT2D eigenvalue weighted by molar-refractivity contribution is 6.34. The third-order valence-corrected chi connectivity index (χ3v) is 5.82. The lowest BCUT2D eigenvalue weighted by molar-refractivity contribution is 0.0775. The molecule has 0 radical (unpaired) electrons. The molecule has 0 atom stereocenters. The first-order valence-corrected chi connectivity index (χ1v) is 10.8. The maximum Gasteiger partial charge on any atom is 0.277 e. The van der Waals surface area contributed by atoms with Crippen molar-refractivity contribution in [3.8, 4) is 11.1 Å². The van der Waals surface area contributed by atoms with E-state index >= 15 is 0 Å². The Balaban J connectivity index is 1.90. The molecule has 0 bridgehead atoms. The molecule has 2 aromatic heterocycles. The second-order valence-corrected chi connectivity index (χ2v) is 8.67. The highest BCUT2D eigenvalue weighted by Gasteiger charge is 2.25. The predicted octanol–water partition coefficient (Wildman–Crippen LogP) is 5.49. The Morgan fingerprint density at radius 3 is 2.38 bits per heavy atom. The number of nitrogens with zero attached hydrogens (tertiary/aromatic N) is 3. The van der Waals surface area contributed by atoms with E-state index in [-0.39, 0.29) is 18.0 Å². The molecule has 162 valence electrons. The molecule has 2 heterocycles. The summed E-state index contributed by atoms with van der Waals surface area (Å²) < 4.78 is 1.38. The van der Waals surface area contributed by atoms with E-state index in [0.29, 0.717) is 32.2 Å². The lowest BCUT2D eigenvalue weighted by Gasteiger charge is -2.22. The van der Waals surface area contributed by atoms with Crippen LogP contribution in [0.5, 0.6) is 0 Å². The summed E-state index contributed by atoms with van der Waals surface area (Å²) in [5.41, 5.74) is 3.72. The summed E-state index contributed by atoms with van der Waals surface area (Å²) in [5, 5.41) is 1.64. The first kappa shape index (κ1) is 22.1. The molecule has 0 saturated carbocycles. The summed E-state index contributed by atoms with van der Waals surface area (Å²) in [7, 11) is 3.29. The van der Waals surface area contributed by atoms with Crippen molar-refractivity contribution >= 4 is 40.0 Å². The lowest BCUT2D eigenvalue weighted by Crippen LogP contribution is -2.33. The predicted molar refractivity (Wildman–Crippen MR) is 129 cm³/mol. The average Bonchev–Trinajstić information content (AvgIpc) is 2.75. The number of rotatable bonds is 4. The first-order chi connectivity index (χ1) is 15.3. The fourth-order valence-corrected chi connectivity index (χ4v) is 4.40. The highest BCUT2D eigenvalue weighted by Crippen LogP contribution is 2.31. The molecule has 4 aromatic rings. The molecule has 0 N–H and O–H groups in total. The first-order valence-electron chi connectivity index (χ1n) is 10.0. The highest BCUT2D eigenvalue weighted by atomic mass is 35.5. The van der Waals surface area contributed by atoms with Gasteiger partial charge in [-0.3, -0.25) is 14.6 Å². The van der Waals surface area contributed by atoms with Gasteiger partial charge in [-0.05, 0) is 42.3 Å². The molecule has 32 heavy (non-hydrogen) atoms. The van der Waals surface area contributed by atoms with Gasteiger partial charge in [0.1, 0.15) is 11.2 Å². The van der Waals surface area contributed by atoms with E-state index in [2.05, 4.69) is 4.98 Å². The number of hydrogen-bond donors (Lipinski definition) is 0. The third kappa shape index (κ3) is 4.14. The summed E-state index contributed by atoms with van der Waals surface area (Å²) >= 11 is 12.2. The molecule has 0 aliphatic heterocycles. The molecule has 0 aliphatic rings. The van der Waals surface area contributed by atoms with E-state index in [1.807, 2.05) is 37.3 Å². The molecule has 1 amide bonds. The van der Waals surface area contributed by atoms with Crippen LogP contribution < -0.4 is 5.56 Å². The Hall–Kier alpha value is -3.15. The summed E-state index contributed by atoms with van der Waals surface area (Å²) in [5.74, 6) is -0.290. The van der Waals surface area contributed by atoms with Gasteiger partial charge in [0.2, 0.25) is 0 Å². The fourth-order valence-electron chi connectivity index (χ4n) is 3.82. The number of hydrogen-bond acceptors (Lipinski definition) is 3. The SMILES string of the molecule is Cc1ccc(-c2c(C(=O)N(C)Cc3cc(Cl)cc(Cl)c3)n(C)c(=O)c3ncccc23)cc1. The Morgan fingerprint density at radius 1 is 1.06 bits per heavy atom. The summed E-state index contributed by atoms with van der Waals surface area (Å²) in [6.07, 6.45) is 1.58. The van der Waals surface area contributed by atoms with Crippen LogP contribution in [-0.2, 0) is 13.6 Å². The van der Waals surface area contributed by atoms with Crippen molar-refractivity contribution < 1.29 is 4.79 Å².